The van der Waals surface area contributed by atoms with E-state index in [1.807, 2.05) is 38.4 Å². The predicted molar refractivity (Wildman–Crippen MR) is 93.8 cm³/mol. The number of hydrogen-bond acceptors (Lipinski definition) is 3. The van der Waals surface area contributed by atoms with Crippen molar-refractivity contribution in [3.63, 3.8) is 0 Å². The smallest absolute Gasteiger partial charge is 0.185 e. The molecule has 3 rings (SSSR count). The summed E-state index contributed by atoms with van der Waals surface area (Å²) in [5.74, 6) is 0.0263. The zero-order valence-electron chi connectivity index (χ0n) is 13.8. The summed E-state index contributed by atoms with van der Waals surface area (Å²) < 4.78 is 1.76. The van der Waals surface area contributed by atoms with E-state index in [2.05, 4.69) is 22.1 Å². The van der Waals surface area contributed by atoms with Crippen LogP contribution in [0.2, 0.25) is 0 Å². The van der Waals surface area contributed by atoms with Gasteiger partial charge in [-0.2, -0.15) is 5.10 Å². The molecule has 2 aromatic rings. The van der Waals surface area contributed by atoms with Crippen molar-refractivity contribution in [1.82, 2.24) is 9.78 Å². The lowest BCUT2D eigenvalue weighted by Crippen LogP contribution is -2.29. The van der Waals surface area contributed by atoms with Gasteiger partial charge in [0.1, 0.15) is 0 Å². The largest absolute Gasteiger partial charge is 0.372 e. The van der Waals surface area contributed by atoms with Crippen LogP contribution in [0.5, 0.6) is 0 Å². The van der Waals surface area contributed by atoms with E-state index in [4.69, 9.17) is 0 Å². The molecule has 4 heteroatoms. The minimum Gasteiger partial charge on any atom is -0.372 e. The summed E-state index contributed by atoms with van der Waals surface area (Å²) in [6.07, 6.45) is 9.22. The molecular formula is C19H23N3O. The second-order valence-electron chi connectivity index (χ2n) is 6.14. The second-order valence-corrected chi connectivity index (χ2v) is 6.14. The summed E-state index contributed by atoms with van der Waals surface area (Å²) in [5.41, 5.74) is 3.85. The molecule has 1 fully saturated rings. The molecule has 0 N–H and O–H groups in total. The van der Waals surface area contributed by atoms with E-state index in [9.17, 15) is 4.79 Å². The van der Waals surface area contributed by atoms with E-state index in [-0.39, 0.29) is 5.78 Å². The number of ketones is 1. The Kier molecular flexibility index (Phi) is 4.60. The van der Waals surface area contributed by atoms with Crippen LogP contribution >= 0.6 is 0 Å². The van der Waals surface area contributed by atoms with Crippen molar-refractivity contribution in [2.75, 3.05) is 18.0 Å². The number of nitrogens with zero attached hydrogens (tertiary/aromatic N) is 3. The molecule has 1 aliphatic rings. The van der Waals surface area contributed by atoms with Crippen LogP contribution in [0.25, 0.3) is 6.08 Å². The van der Waals surface area contributed by atoms with Crippen LogP contribution in [0, 0.1) is 6.92 Å². The number of aromatic nitrogens is 2. The molecular weight excluding hydrogens is 286 g/mol. The van der Waals surface area contributed by atoms with E-state index >= 15 is 0 Å². The first-order chi connectivity index (χ1) is 11.1. The maximum absolute atomic E-state index is 12.3. The van der Waals surface area contributed by atoms with Gasteiger partial charge in [-0.3, -0.25) is 9.48 Å². The third-order valence-corrected chi connectivity index (χ3v) is 4.34. The van der Waals surface area contributed by atoms with Gasteiger partial charge in [0.25, 0.3) is 0 Å². The Morgan fingerprint density at radius 2 is 1.83 bits per heavy atom. The van der Waals surface area contributed by atoms with Crippen molar-refractivity contribution in [2.45, 2.75) is 26.2 Å². The van der Waals surface area contributed by atoms with Crippen LogP contribution in [0.3, 0.4) is 0 Å². The number of piperidine rings is 1. The molecule has 23 heavy (non-hydrogen) atoms. The average molecular weight is 309 g/mol. The highest BCUT2D eigenvalue weighted by atomic mass is 16.1. The zero-order chi connectivity index (χ0) is 16.2. The van der Waals surface area contributed by atoms with Gasteiger partial charge in [-0.1, -0.05) is 0 Å². The molecule has 0 atom stereocenters. The number of benzene rings is 1. The fourth-order valence-electron chi connectivity index (χ4n) is 3.03. The highest BCUT2D eigenvalue weighted by molar-refractivity contribution is 6.07. The fraction of sp³-hybridized carbons (Fsp3) is 0.368. The van der Waals surface area contributed by atoms with E-state index in [1.54, 1.807) is 10.8 Å². The lowest BCUT2D eigenvalue weighted by Gasteiger charge is -2.28. The molecule has 0 spiro atoms. The molecule has 0 amide bonds. The van der Waals surface area contributed by atoms with E-state index in [0.29, 0.717) is 0 Å². The number of carbonyl (C=O) groups excluding carboxylic acids is 1. The molecule has 0 aliphatic carbocycles. The molecule has 1 aromatic heterocycles. The summed E-state index contributed by atoms with van der Waals surface area (Å²) in [7, 11) is 1.88. The van der Waals surface area contributed by atoms with Crippen molar-refractivity contribution in [1.29, 1.82) is 0 Å². The van der Waals surface area contributed by atoms with Gasteiger partial charge in [0, 0.05) is 43.1 Å². The van der Waals surface area contributed by atoms with Gasteiger partial charge in [0.05, 0.1) is 5.69 Å². The topological polar surface area (TPSA) is 38.1 Å². The van der Waals surface area contributed by atoms with Crippen LogP contribution in [-0.2, 0) is 7.05 Å². The summed E-state index contributed by atoms with van der Waals surface area (Å²) in [6.45, 7) is 4.18. The highest BCUT2D eigenvalue weighted by Gasteiger charge is 2.11. The van der Waals surface area contributed by atoms with Crippen LogP contribution in [0.1, 0.15) is 40.9 Å². The standard InChI is InChI=1S/C19H23N3O/c1-15-17(14-21(2)20-15)8-11-19(23)16-6-9-18(10-7-16)22-12-4-3-5-13-22/h6-11,14H,3-5,12-13H2,1-2H3/b11-8+. The monoisotopic (exact) mass is 309 g/mol. The molecule has 0 bridgehead atoms. The number of aryl methyl sites for hydroxylation is 2. The van der Waals surface area contributed by atoms with Gasteiger partial charge in [0.15, 0.2) is 5.78 Å². The number of carbonyl (C=O) groups is 1. The van der Waals surface area contributed by atoms with Crippen molar-refractivity contribution < 1.29 is 4.79 Å². The minimum atomic E-state index is 0.0263. The summed E-state index contributed by atoms with van der Waals surface area (Å²) in [5, 5.41) is 4.27. The van der Waals surface area contributed by atoms with E-state index in [0.717, 1.165) is 29.9 Å². The molecule has 120 valence electrons. The maximum Gasteiger partial charge on any atom is 0.185 e. The molecule has 0 unspecified atom stereocenters. The van der Waals surface area contributed by atoms with Crippen LogP contribution < -0.4 is 4.90 Å². The first-order valence-electron chi connectivity index (χ1n) is 8.21. The lowest BCUT2D eigenvalue weighted by molar-refractivity contribution is 0.104. The maximum atomic E-state index is 12.3. The Morgan fingerprint density at radius 3 is 2.43 bits per heavy atom. The average Bonchev–Trinajstić information content (AvgIpc) is 2.91. The Balaban J connectivity index is 1.69. The first-order valence-corrected chi connectivity index (χ1v) is 8.21. The lowest BCUT2D eigenvalue weighted by atomic mass is 10.1. The summed E-state index contributed by atoms with van der Waals surface area (Å²) in [4.78, 5) is 14.7. The van der Waals surface area contributed by atoms with Gasteiger partial charge in [-0.05, 0) is 62.6 Å². The number of rotatable bonds is 4. The van der Waals surface area contributed by atoms with Gasteiger partial charge < -0.3 is 4.90 Å². The normalized spacial score (nSPS) is 15.3. The van der Waals surface area contributed by atoms with E-state index in [1.165, 1.54) is 24.9 Å². The van der Waals surface area contributed by atoms with Crippen LogP contribution in [-0.4, -0.2) is 28.7 Å². The quantitative estimate of drug-likeness (QED) is 0.639. The SMILES string of the molecule is Cc1nn(C)cc1/C=C/C(=O)c1ccc(N2CCCCC2)cc1. The first kappa shape index (κ1) is 15.5. The highest BCUT2D eigenvalue weighted by Crippen LogP contribution is 2.20. The number of anilines is 1. The molecule has 0 saturated carbocycles. The Labute approximate surface area is 137 Å². The number of allylic oxidation sites excluding steroid dienone is 1. The second kappa shape index (κ2) is 6.82. The van der Waals surface area contributed by atoms with Crippen molar-refractivity contribution in [3.05, 3.63) is 53.4 Å². The van der Waals surface area contributed by atoms with Gasteiger partial charge >= 0.3 is 0 Å². The Bertz CT molecular complexity index is 707. The van der Waals surface area contributed by atoms with Gasteiger partial charge in [0.2, 0.25) is 0 Å². The van der Waals surface area contributed by atoms with Crippen molar-refractivity contribution >= 4 is 17.5 Å². The fourth-order valence-corrected chi connectivity index (χ4v) is 3.03. The Morgan fingerprint density at radius 1 is 1.13 bits per heavy atom. The van der Waals surface area contributed by atoms with Gasteiger partial charge in [-0.15, -0.1) is 0 Å². The number of hydrogen-bond donors (Lipinski definition) is 0. The van der Waals surface area contributed by atoms with Crippen LogP contribution in [0.4, 0.5) is 5.69 Å². The molecule has 4 nitrogen and oxygen atoms in total. The van der Waals surface area contributed by atoms with E-state index < -0.39 is 0 Å². The molecule has 1 aliphatic heterocycles. The molecule has 2 heterocycles. The molecule has 0 radical (unpaired) electrons. The summed E-state index contributed by atoms with van der Waals surface area (Å²) in [6, 6.07) is 7.96. The van der Waals surface area contributed by atoms with Crippen molar-refractivity contribution in [2.24, 2.45) is 7.05 Å². The summed E-state index contributed by atoms with van der Waals surface area (Å²) >= 11 is 0. The van der Waals surface area contributed by atoms with Crippen molar-refractivity contribution in [3.8, 4) is 0 Å². The van der Waals surface area contributed by atoms with Gasteiger partial charge in [-0.25, -0.2) is 0 Å². The van der Waals surface area contributed by atoms with Crippen LogP contribution in [0.15, 0.2) is 36.5 Å². The third-order valence-electron chi connectivity index (χ3n) is 4.34. The minimum absolute atomic E-state index is 0.0263. The third kappa shape index (κ3) is 3.70. The molecule has 1 saturated heterocycles. The molecule has 1 aromatic carbocycles. The predicted octanol–water partition coefficient (Wildman–Crippen LogP) is 3.61. The Hall–Kier alpha value is -2.36. The zero-order valence-corrected chi connectivity index (χ0v) is 13.8.